The van der Waals surface area contributed by atoms with Crippen LogP contribution in [0.25, 0.3) is 0 Å². The molecule has 1 heteroatoms. The Hall–Kier alpha value is -0.900. The van der Waals surface area contributed by atoms with Crippen LogP contribution >= 0.6 is 0 Å². The zero-order chi connectivity index (χ0) is 9.36. The molecule has 0 atom stereocenters. The highest BCUT2D eigenvalue weighted by Crippen LogP contribution is 2.21. The van der Waals surface area contributed by atoms with Crippen LogP contribution in [0, 0.1) is 17.8 Å². The lowest BCUT2D eigenvalue weighted by Crippen LogP contribution is -2.00. The molecule has 0 saturated heterocycles. The largest absolute Gasteiger partial charge is 0.404 e. The first kappa shape index (κ1) is 10.2. The van der Waals surface area contributed by atoms with Crippen molar-refractivity contribution in [3.05, 3.63) is 12.3 Å². The summed E-state index contributed by atoms with van der Waals surface area (Å²) in [7, 11) is 0. The molecule has 13 heavy (non-hydrogen) atoms. The summed E-state index contributed by atoms with van der Waals surface area (Å²) in [6.45, 7) is 0. The van der Waals surface area contributed by atoms with Crippen molar-refractivity contribution in [2.75, 3.05) is 0 Å². The van der Waals surface area contributed by atoms with E-state index in [4.69, 9.17) is 5.73 Å². The summed E-state index contributed by atoms with van der Waals surface area (Å²) in [4.78, 5) is 0. The predicted octanol–water partition coefficient (Wildman–Crippen LogP) is 2.82. The molecule has 1 fully saturated rings. The van der Waals surface area contributed by atoms with E-state index in [1.54, 1.807) is 6.08 Å². The second-order valence-electron chi connectivity index (χ2n) is 3.69. The maximum Gasteiger partial charge on any atom is 0.0206 e. The summed E-state index contributed by atoms with van der Waals surface area (Å²) in [6, 6.07) is 0. The monoisotopic (exact) mass is 177 g/mol. The summed E-state index contributed by atoms with van der Waals surface area (Å²) in [5.41, 5.74) is 5.22. The standard InChI is InChI=1S/C12H19N/c13-11-7-6-10-12-8-4-2-1-3-5-9-12/h7,11-12H,1-5,8-9,13H2/b11-7+. The molecular weight excluding hydrogens is 158 g/mol. The number of allylic oxidation sites excluding steroid dienone is 1. The lowest BCUT2D eigenvalue weighted by molar-refractivity contribution is 0.444. The van der Waals surface area contributed by atoms with Crippen LogP contribution in [0.2, 0.25) is 0 Å². The Morgan fingerprint density at radius 2 is 1.62 bits per heavy atom. The molecule has 0 aliphatic heterocycles. The fraction of sp³-hybridized carbons (Fsp3) is 0.667. The van der Waals surface area contributed by atoms with Gasteiger partial charge in [-0.1, -0.05) is 43.9 Å². The van der Waals surface area contributed by atoms with Gasteiger partial charge in [0.15, 0.2) is 0 Å². The van der Waals surface area contributed by atoms with Crippen LogP contribution in [0.4, 0.5) is 0 Å². The molecule has 0 aromatic heterocycles. The number of nitrogens with two attached hydrogens (primary N) is 1. The van der Waals surface area contributed by atoms with Gasteiger partial charge in [-0.2, -0.15) is 0 Å². The van der Waals surface area contributed by atoms with Crippen molar-refractivity contribution in [2.24, 2.45) is 11.7 Å². The fourth-order valence-electron chi connectivity index (χ4n) is 1.81. The molecule has 1 saturated carbocycles. The third kappa shape index (κ3) is 4.62. The molecule has 0 bridgehead atoms. The number of hydrogen-bond acceptors (Lipinski definition) is 1. The van der Waals surface area contributed by atoms with Crippen molar-refractivity contribution in [1.29, 1.82) is 0 Å². The van der Waals surface area contributed by atoms with Gasteiger partial charge in [0.2, 0.25) is 0 Å². The van der Waals surface area contributed by atoms with Crippen LogP contribution in [0.15, 0.2) is 12.3 Å². The minimum Gasteiger partial charge on any atom is -0.404 e. The third-order valence-electron chi connectivity index (χ3n) is 2.57. The lowest BCUT2D eigenvalue weighted by Gasteiger charge is -2.13. The molecule has 1 nitrogen and oxygen atoms in total. The second-order valence-corrected chi connectivity index (χ2v) is 3.69. The first-order chi connectivity index (χ1) is 6.43. The Bertz CT molecular complexity index is 199. The van der Waals surface area contributed by atoms with E-state index in [-0.39, 0.29) is 0 Å². The van der Waals surface area contributed by atoms with E-state index in [1.165, 1.54) is 51.1 Å². The molecule has 0 heterocycles. The van der Waals surface area contributed by atoms with E-state index in [2.05, 4.69) is 11.8 Å². The minimum absolute atomic E-state index is 0.622. The van der Waals surface area contributed by atoms with Gasteiger partial charge in [0.1, 0.15) is 0 Å². The smallest absolute Gasteiger partial charge is 0.0206 e. The van der Waals surface area contributed by atoms with Gasteiger partial charge in [-0.15, -0.1) is 0 Å². The first-order valence-electron chi connectivity index (χ1n) is 5.31. The predicted molar refractivity (Wildman–Crippen MR) is 56.9 cm³/mol. The SMILES string of the molecule is N/C=C/C#CC1CCCCCCC1. The second kappa shape index (κ2) is 6.60. The van der Waals surface area contributed by atoms with Crippen molar-refractivity contribution < 1.29 is 0 Å². The Kier molecular flexibility index (Phi) is 5.17. The van der Waals surface area contributed by atoms with Gasteiger partial charge in [-0.25, -0.2) is 0 Å². The average molecular weight is 177 g/mol. The average Bonchev–Trinajstić information content (AvgIpc) is 2.08. The number of hydrogen-bond donors (Lipinski definition) is 1. The molecule has 0 aromatic rings. The van der Waals surface area contributed by atoms with E-state index >= 15 is 0 Å². The van der Waals surface area contributed by atoms with E-state index in [9.17, 15) is 0 Å². The van der Waals surface area contributed by atoms with Crippen molar-refractivity contribution in [2.45, 2.75) is 44.9 Å². The van der Waals surface area contributed by atoms with Gasteiger partial charge in [0.05, 0.1) is 0 Å². The lowest BCUT2D eigenvalue weighted by atomic mass is 9.92. The van der Waals surface area contributed by atoms with E-state index in [0.29, 0.717) is 5.92 Å². The van der Waals surface area contributed by atoms with Gasteiger partial charge in [0.25, 0.3) is 0 Å². The molecule has 0 amide bonds. The quantitative estimate of drug-likeness (QED) is 0.566. The van der Waals surface area contributed by atoms with Crippen LogP contribution < -0.4 is 5.73 Å². The van der Waals surface area contributed by atoms with E-state index < -0.39 is 0 Å². The molecule has 1 aliphatic rings. The molecule has 0 aromatic carbocycles. The molecule has 0 radical (unpaired) electrons. The molecule has 72 valence electrons. The zero-order valence-corrected chi connectivity index (χ0v) is 8.26. The van der Waals surface area contributed by atoms with Gasteiger partial charge in [0, 0.05) is 18.2 Å². The van der Waals surface area contributed by atoms with Crippen LogP contribution in [0.3, 0.4) is 0 Å². The van der Waals surface area contributed by atoms with Crippen molar-refractivity contribution in [3.8, 4) is 11.8 Å². The van der Waals surface area contributed by atoms with Crippen molar-refractivity contribution in [3.63, 3.8) is 0 Å². The summed E-state index contributed by atoms with van der Waals surface area (Å²) in [6.07, 6.45) is 12.7. The Balaban J connectivity index is 2.34. The van der Waals surface area contributed by atoms with Crippen molar-refractivity contribution >= 4 is 0 Å². The van der Waals surface area contributed by atoms with Crippen LogP contribution in [0.1, 0.15) is 44.9 Å². The number of rotatable bonds is 0. The Morgan fingerprint density at radius 1 is 1.00 bits per heavy atom. The van der Waals surface area contributed by atoms with E-state index in [1.807, 2.05) is 0 Å². The zero-order valence-electron chi connectivity index (χ0n) is 8.26. The van der Waals surface area contributed by atoms with Crippen molar-refractivity contribution in [1.82, 2.24) is 0 Å². The third-order valence-corrected chi connectivity index (χ3v) is 2.57. The van der Waals surface area contributed by atoms with Gasteiger partial charge in [-0.05, 0) is 12.8 Å². The molecule has 0 spiro atoms. The van der Waals surface area contributed by atoms with Crippen LogP contribution in [-0.2, 0) is 0 Å². The highest BCUT2D eigenvalue weighted by molar-refractivity contribution is 5.16. The normalized spacial score (nSPS) is 20.3. The Labute approximate surface area is 81.4 Å². The molecule has 0 unspecified atom stereocenters. The first-order valence-corrected chi connectivity index (χ1v) is 5.31. The molecule has 1 aliphatic carbocycles. The fourth-order valence-corrected chi connectivity index (χ4v) is 1.81. The highest BCUT2D eigenvalue weighted by Gasteiger charge is 2.07. The summed E-state index contributed by atoms with van der Waals surface area (Å²) in [5.74, 6) is 6.89. The van der Waals surface area contributed by atoms with Crippen LogP contribution in [-0.4, -0.2) is 0 Å². The summed E-state index contributed by atoms with van der Waals surface area (Å²) >= 11 is 0. The summed E-state index contributed by atoms with van der Waals surface area (Å²) < 4.78 is 0. The van der Waals surface area contributed by atoms with Gasteiger partial charge < -0.3 is 5.73 Å². The summed E-state index contributed by atoms with van der Waals surface area (Å²) in [5, 5.41) is 0. The highest BCUT2D eigenvalue weighted by atomic mass is 14.5. The maximum absolute atomic E-state index is 5.22. The maximum atomic E-state index is 5.22. The molecular formula is C12H19N. The van der Waals surface area contributed by atoms with Crippen LogP contribution in [0.5, 0.6) is 0 Å². The molecule has 2 N–H and O–H groups in total. The van der Waals surface area contributed by atoms with Gasteiger partial charge in [-0.3, -0.25) is 0 Å². The van der Waals surface area contributed by atoms with E-state index in [0.717, 1.165) is 0 Å². The Morgan fingerprint density at radius 3 is 2.23 bits per heavy atom. The topological polar surface area (TPSA) is 26.0 Å². The van der Waals surface area contributed by atoms with Gasteiger partial charge >= 0.3 is 0 Å². The molecule has 1 rings (SSSR count). The minimum atomic E-state index is 0.622.